The highest BCUT2D eigenvalue weighted by Crippen LogP contribution is 2.11. The Labute approximate surface area is 127 Å². The Hall–Kier alpha value is -1.54. The number of nitrogens with zero attached hydrogens (tertiary/aromatic N) is 2. The summed E-state index contributed by atoms with van der Waals surface area (Å²) in [6.45, 7) is 6.76. The van der Waals surface area contributed by atoms with E-state index in [1.165, 1.54) is 19.5 Å². The van der Waals surface area contributed by atoms with Crippen molar-refractivity contribution in [3.8, 4) is 17.6 Å². The number of hydrogen-bond acceptors (Lipinski definition) is 4. The van der Waals surface area contributed by atoms with Gasteiger partial charge < -0.3 is 15.4 Å². The number of hydrogen-bond donors (Lipinski definition) is 1. The van der Waals surface area contributed by atoms with Crippen LogP contribution < -0.4 is 10.5 Å². The second-order valence-corrected chi connectivity index (χ2v) is 5.38. The van der Waals surface area contributed by atoms with Gasteiger partial charge in [0.1, 0.15) is 12.4 Å². The highest BCUT2D eigenvalue weighted by Gasteiger charge is 2.11. The minimum absolute atomic E-state index is 0.392. The third-order valence-corrected chi connectivity index (χ3v) is 3.68. The molecule has 114 valence electrons. The van der Waals surface area contributed by atoms with E-state index in [-0.39, 0.29) is 0 Å². The van der Waals surface area contributed by atoms with Crippen LogP contribution in [0.5, 0.6) is 5.75 Å². The lowest BCUT2D eigenvalue weighted by atomic mass is 10.2. The molecule has 21 heavy (non-hydrogen) atoms. The summed E-state index contributed by atoms with van der Waals surface area (Å²) < 4.78 is 5.81. The number of ether oxygens (including phenoxy) is 1. The highest BCUT2D eigenvalue weighted by molar-refractivity contribution is 5.38. The molecular weight excluding hydrogens is 262 g/mol. The maximum Gasteiger partial charge on any atom is 0.119 e. The largest absolute Gasteiger partial charge is 0.492 e. The molecule has 2 rings (SSSR count). The summed E-state index contributed by atoms with van der Waals surface area (Å²) in [5, 5.41) is 0. The Morgan fingerprint density at radius 1 is 1.14 bits per heavy atom. The van der Waals surface area contributed by atoms with E-state index in [2.05, 4.69) is 28.7 Å². The van der Waals surface area contributed by atoms with Crippen molar-refractivity contribution in [2.75, 3.05) is 52.9 Å². The molecule has 0 amide bonds. The van der Waals surface area contributed by atoms with E-state index in [1.54, 1.807) is 0 Å². The Morgan fingerprint density at radius 2 is 1.95 bits per heavy atom. The quantitative estimate of drug-likeness (QED) is 0.839. The Balaban J connectivity index is 1.73. The first-order valence-electron chi connectivity index (χ1n) is 7.60. The predicted octanol–water partition coefficient (Wildman–Crippen LogP) is 1.01. The van der Waals surface area contributed by atoms with Crippen molar-refractivity contribution in [2.45, 2.75) is 6.42 Å². The second-order valence-electron chi connectivity index (χ2n) is 5.38. The third kappa shape index (κ3) is 5.76. The first kappa shape index (κ1) is 15.8. The van der Waals surface area contributed by atoms with E-state index < -0.39 is 0 Å². The SMILES string of the molecule is CN1CCCN(CCOc2ccc(C#CCN)cc2)CC1. The summed E-state index contributed by atoms with van der Waals surface area (Å²) in [6.07, 6.45) is 1.24. The molecule has 0 aromatic heterocycles. The summed E-state index contributed by atoms with van der Waals surface area (Å²) in [7, 11) is 2.19. The predicted molar refractivity (Wildman–Crippen MR) is 86.4 cm³/mol. The van der Waals surface area contributed by atoms with Crippen molar-refractivity contribution >= 4 is 0 Å². The van der Waals surface area contributed by atoms with E-state index >= 15 is 0 Å². The molecule has 0 bridgehead atoms. The normalized spacial score (nSPS) is 16.9. The first-order chi connectivity index (χ1) is 10.3. The molecule has 0 aliphatic carbocycles. The van der Waals surface area contributed by atoms with Crippen LogP contribution in [0.4, 0.5) is 0 Å². The zero-order chi connectivity index (χ0) is 14.9. The molecule has 0 unspecified atom stereocenters. The van der Waals surface area contributed by atoms with Gasteiger partial charge in [0, 0.05) is 25.2 Å². The zero-order valence-electron chi connectivity index (χ0n) is 12.8. The fourth-order valence-corrected chi connectivity index (χ4v) is 2.40. The average molecular weight is 287 g/mol. The van der Waals surface area contributed by atoms with Gasteiger partial charge in [0.25, 0.3) is 0 Å². The van der Waals surface area contributed by atoms with Crippen LogP contribution in [-0.4, -0.2) is 62.7 Å². The molecule has 1 fully saturated rings. The van der Waals surface area contributed by atoms with Gasteiger partial charge in [-0.15, -0.1) is 0 Å². The minimum atomic E-state index is 0.392. The lowest BCUT2D eigenvalue weighted by molar-refractivity contribution is 0.213. The number of rotatable bonds is 4. The lowest BCUT2D eigenvalue weighted by Gasteiger charge is -2.20. The van der Waals surface area contributed by atoms with Crippen LogP contribution in [0.15, 0.2) is 24.3 Å². The van der Waals surface area contributed by atoms with E-state index in [1.807, 2.05) is 24.3 Å². The van der Waals surface area contributed by atoms with Crippen molar-refractivity contribution in [3.63, 3.8) is 0 Å². The Morgan fingerprint density at radius 3 is 2.71 bits per heavy atom. The van der Waals surface area contributed by atoms with Gasteiger partial charge in [0.15, 0.2) is 0 Å². The molecule has 0 saturated carbocycles. The van der Waals surface area contributed by atoms with Crippen molar-refractivity contribution < 1.29 is 4.74 Å². The molecule has 0 radical (unpaired) electrons. The Kier molecular flexibility index (Phi) is 6.55. The van der Waals surface area contributed by atoms with Crippen molar-refractivity contribution in [1.29, 1.82) is 0 Å². The molecule has 1 aliphatic heterocycles. The molecule has 1 aromatic carbocycles. The molecule has 0 spiro atoms. The second kappa shape index (κ2) is 8.68. The number of benzene rings is 1. The van der Waals surface area contributed by atoms with Gasteiger partial charge in [-0.25, -0.2) is 0 Å². The van der Waals surface area contributed by atoms with Crippen LogP contribution in [-0.2, 0) is 0 Å². The molecular formula is C17H25N3O. The van der Waals surface area contributed by atoms with Crippen LogP contribution in [0.25, 0.3) is 0 Å². The van der Waals surface area contributed by atoms with Gasteiger partial charge >= 0.3 is 0 Å². The molecule has 2 N–H and O–H groups in total. The molecule has 1 aromatic rings. The summed E-state index contributed by atoms with van der Waals surface area (Å²) >= 11 is 0. The summed E-state index contributed by atoms with van der Waals surface area (Å²) in [4.78, 5) is 4.87. The van der Waals surface area contributed by atoms with Crippen molar-refractivity contribution in [2.24, 2.45) is 5.73 Å². The molecule has 4 heteroatoms. The van der Waals surface area contributed by atoms with Crippen LogP contribution in [0.2, 0.25) is 0 Å². The molecule has 1 saturated heterocycles. The molecule has 0 atom stereocenters. The third-order valence-electron chi connectivity index (χ3n) is 3.68. The number of likely N-dealkylation sites (N-methyl/N-ethyl adjacent to an activating group) is 1. The van der Waals surface area contributed by atoms with E-state index in [9.17, 15) is 0 Å². The smallest absolute Gasteiger partial charge is 0.119 e. The minimum Gasteiger partial charge on any atom is -0.492 e. The van der Waals surface area contributed by atoms with Gasteiger partial charge in [-0.3, -0.25) is 4.90 Å². The van der Waals surface area contributed by atoms with E-state index in [4.69, 9.17) is 10.5 Å². The fraction of sp³-hybridized carbons (Fsp3) is 0.529. The van der Waals surface area contributed by atoms with Crippen LogP contribution in [0, 0.1) is 11.8 Å². The standard InChI is InChI=1S/C17H25N3O/c1-19-10-3-11-20(13-12-19)14-15-21-17-7-5-16(6-8-17)4-2-9-18/h5-8H,3,9-15,18H2,1H3. The van der Waals surface area contributed by atoms with Crippen molar-refractivity contribution in [3.05, 3.63) is 29.8 Å². The van der Waals surface area contributed by atoms with Crippen LogP contribution in [0.3, 0.4) is 0 Å². The first-order valence-corrected chi connectivity index (χ1v) is 7.60. The van der Waals surface area contributed by atoms with Crippen LogP contribution in [0.1, 0.15) is 12.0 Å². The van der Waals surface area contributed by atoms with E-state index in [0.717, 1.165) is 37.6 Å². The summed E-state index contributed by atoms with van der Waals surface area (Å²) in [5.74, 6) is 6.76. The maximum absolute atomic E-state index is 5.81. The number of nitrogens with two attached hydrogens (primary N) is 1. The van der Waals surface area contributed by atoms with Crippen LogP contribution >= 0.6 is 0 Å². The maximum atomic E-state index is 5.81. The van der Waals surface area contributed by atoms with Gasteiger partial charge in [0.2, 0.25) is 0 Å². The van der Waals surface area contributed by atoms with Gasteiger partial charge in [-0.1, -0.05) is 11.8 Å². The monoisotopic (exact) mass is 287 g/mol. The Bertz CT molecular complexity index is 475. The average Bonchev–Trinajstić information content (AvgIpc) is 2.71. The summed E-state index contributed by atoms with van der Waals surface area (Å²) in [6, 6.07) is 7.88. The molecule has 4 nitrogen and oxygen atoms in total. The van der Waals surface area contributed by atoms with Gasteiger partial charge in [0.05, 0.1) is 6.54 Å². The van der Waals surface area contributed by atoms with Gasteiger partial charge in [-0.2, -0.15) is 0 Å². The lowest BCUT2D eigenvalue weighted by Crippen LogP contribution is -2.32. The zero-order valence-corrected chi connectivity index (χ0v) is 12.8. The van der Waals surface area contributed by atoms with Crippen molar-refractivity contribution in [1.82, 2.24) is 9.80 Å². The summed E-state index contributed by atoms with van der Waals surface area (Å²) in [5.41, 5.74) is 6.33. The fourth-order valence-electron chi connectivity index (χ4n) is 2.40. The molecule has 1 heterocycles. The molecule has 1 aliphatic rings. The topological polar surface area (TPSA) is 41.7 Å². The van der Waals surface area contributed by atoms with E-state index in [0.29, 0.717) is 6.54 Å². The highest BCUT2D eigenvalue weighted by atomic mass is 16.5. The van der Waals surface area contributed by atoms with Gasteiger partial charge in [-0.05, 0) is 50.8 Å².